The second kappa shape index (κ2) is 4.57. The molecular weight excluding hydrogens is 337 g/mol. The van der Waals surface area contributed by atoms with Crippen LogP contribution in [0.4, 0.5) is 0 Å². The summed E-state index contributed by atoms with van der Waals surface area (Å²) < 4.78 is 6.67. The number of fused-ring (bicyclic) bond motifs is 1. The second-order valence-electron chi connectivity index (χ2n) is 3.76. The van der Waals surface area contributed by atoms with Gasteiger partial charge in [0, 0.05) is 15.1 Å². The summed E-state index contributed by atoms with van der Waals surface area (Å²) in [6, 6.07) is 11.1. The van der Waals surface area contributed by atoms with E-state index in [0.29, 0.717) is 27.0 Å². The zero-order chi connectivity index (χ0) is 12.7. The summed E-state index contributed by atoms with van der Waals surface area (Å²) in [5, 5.41) is 1.01. The highest BCUT2D eigenvalue weighted by molar-refractivity contribution is 9.10. The molecular formula is C13H6BrCl2NO. The Balaban J connectivity index is 2.19. The van der Waals surface area contributed by atoms with Gasteiger partial charge in [0.15, 0.2) is 5.58 Å². The Morgan fingerprint density at radius 3 is 2.50 bits per heavy atom. The summed E-state index contributed by atoms with van der Waals surface area (Å²) in [7, 11) is 0. The fourth-order valence-corrected chi connectivity index (χ4v) is 2.46. The maximum Gasteiger partial charge on any atom is 0.227 e. The molecule has 0 fully saturated rings. The van der Waals surface area contributed by atoms with Gasteiger partial charge in [-0.3, -0.25) is 0 Å². The van der Waals surface area contributed by atoms with Gasteiger partial charge in [0.05, 0.1) is 5.02 Å². The first-order valence-electron chi connectivity index (χ1n) is 5.15. The van der Waals surface area contributed by atoms with Crippen molar-refractivity contribution in [1.82, 2.24) is 4.98 Å². The second-order valence-corrected chi connectivity index (χ2v) is 5.52. The summed E-state index contributed by atoms with van der Waals surface area (Å²) in [6.07, 6.45) is 0. The topological polar surface area (TPSA) is 26.0 Å². The molecule has 90 valence electrons. The van der Waals surface area contributed by atoms with Gasteiger partial charge in [-0.05, 0) is 36.4 Å². The lowest BCUT2D eigenvalue weighted by molar-refractivity contribution is 0.620. The maximum atomic E-state index is 6.06. The number of hydrogen-bond acceptors (Lipinski definition) is 2. The van der Waals surface area contributed by atoms with E-state index in [1.165, 1.54) is 0 Å². The van der Waals surface area contributed by atoms with Crippen molar-refractivity contribution in [3.05, 3.63) is 50.9 Å². The number of benzene rings is 2. The molecule has 0 aliphatic heterocycles. The molecule has 0 spiro atoms. The Bertz CT molecular complexity index is 722. The largest absolute Gasteiger partial charge is 0.435 e. The number of hydrogen-bond donors (Lipinski definition) is 0. The third-order valence-electron chi connectivity index (χ3n) is 2.50. The van der Waals surface area contributed by atoms with Crippen LogP contribution in [0.25, 0.3) is 22.6 Å². The van der Waals surface area contributed by atoms with Gasteiger partial charge in [-0.1, -0.05) is 39.1 Å². The molecule has 2 aromatic carbocycles. The molecule has 3 aromatic rings. The van der Waals surface area contributed by atoms with Crippen molar-refractivity contribution in [3.8, 4) is 11.5 Å². The first-order chi connectivity index (χ1) is 8.63. The van der Waals surface area contributed by atoms with E-state index in [4.69, 9.17) is 27.6 Å². The lowest BCUT2D eigenvalue weighted by atomic mass is 10.2. The van der Waals surface area contributed by atoms with E-state index >= 15 is 0 Å². The van der Waals surface area contributed by atoms with Gasteiger partial charge in [-0.25, -0.2) is 4.98 Å². The van der Waals surface area contributed by atoms with Gasteiger partial charge < -0.3 is 4.42 Å². The average Bonchev–Trinajstić information content (AvgIpc) is 2.74. The first-order valence-corrected chi connectivity index (χ1v) is 6.70. The SMILES string of the molecule is Clc1cc(Cl)c2oc(-c3ccc(Br)cc3)nc2c1. The Hall–Kier alpha value is -1.03. The summed E-state index contributed by atoms with van der Waals surface area (Å²) >= 11 is 15.4. The van der Waals surface area contributed by atoms with Gasteiger partial charge in [0.25, 0.3) is 0 Å². The summed E-state index contributed by atoms with van der Waals surface area (Å²) in [5.41, 5.74) is 2.10. The maximum absolute atomic E-state index is 6.06. The Morgan fingerprint density at radius 2 is 1.78 bits per heavy atom. The molecule has 1 aromatic heterocycles. The van der Waals surface area contributed by atoms with Crippen molar-refractivity contribution >= 4 is 50.2 Å². The summed E-state index contributed by atoms with van der Waals surface area (Å²) in [5.74, 6) is 0.529. The predicted octanol–water partition coefficient (Wildman–Crippen LogP) is 5.56. The molecule has 0 aliphatic rings. The van der Waals surface area contributed by atoms with Crippen molar-refractivity contribution in [2.75, 3.05) is 0 Å². The van der Waals surface area contributed by atoms with Gasteiger partial charge in [0.1, 0.15) is 5.52 Å². The van der Waals surface area contributed by atoms with Crippen molar-refractivity contribution in [3.63, 3.8) is 0 Å². The zero-order valence-electron chi connectivity index (χ0n) is 8.95. The molecule has 0 N–H and O–H groups in total. The number of nitrogens with zero attached hydrogens (tertiary/aromatic N) is 1. The third-order valence-corrected chi connectivity index (χ3v) is 3.53. The van der Waals surface area contributed by atoms with E-state index in [9.17, 15) is 0 Å². The first kappa shape index (κ1) is 12.0. The number of halogens is 3. The average molecular weight is 343 g/mol. The van der Waals surface area contributed by atoms with Crippen molar-refractivity contribution in [2.24, 2.45) is 0 Å². The van der Waals surface area contributed by atoms with Crippen LogP contribution in [-0.2, 0) is 0 Å². The number of oxazole rings is 1. The Labute approximate surface area is 122 Å². The lowest BCUT2D eigenvalue weighted by Crippen LogP contribution is -1.75. The van der Waals surface area contributed by atoms with Gasteiger partial charge in [-0.2, -0.15) is 0 Å². The quantitative estimate of drug-likeness (QED) is 0.578. The van der Waals surface area contributed by atoms with Crippen LogP contribution in [0.2, 0.25) is 10.0 Å². The molecule has 0 saturated heterocycles. The predicted molar refractivity (Wildman–Crippen MR) is 77.2 cm³/mol. The third kappa shape index (κ3) is 2.14. The molecule has 0 saturated carbocycles. The molecule has 0 unspecified atom stereocenters. The molecule has 1 heterocycles. The number of aromatic nitrogens is 1. The molecule has 0 atom stereocenters. The van der Waals surface area contributed by atoms with E-state index in [1.807, 2.05) is 24.3 Å². The van der Waals surface area contributed by atoms with Crippen LogP contribution in [0.1, 0.15) is 0 Å². The van der Waals surface area contributed by atoms with Crippen molar-refractivity contribution in [2.45, 2.75) is 0 Å². The fraction of sp³-hybridized carbons (Fsp3) is 0. The van der Waals surface area contributed by atoms with Gasteiger partial charge in [0.2, 0.25) is 5.89 Å². The van der Waals surface area contributed by atoms with E-state index in [2.05, 4.69) is 20.9 Å². The van der Waals surface area contributed by atoms with Crippen LogP contribution < -0.4 is 0 Å². The molecule has 2 nitrogen and oxygen atoms in total. The summed E-state index contributed by atoms with van der Waals surface area (Å²) in [4.78, 5) is 4.38. The number of rotatable bonds is 1. The van der Waals surface area contributed by atoms with Crippen LogP contribution >= 0.6 is 39.1 Å². The van der Waals surface area contributed by atoms with Crippen molar-refractivity contribution in [1.29, 1.82) is 0 Å². The molecule has 0 radical (unpaired) electrons. The molecule has 0 amide bonds. The minimum absolute atomic E-state index is 0.466. The Morgan fingerprint density at radius 1 is 1.06 bits per heavy atom. The van der Waals surface area contributed by atoms with Crippen molar-refractivity contribution < 1.29 is 4.42 Å². The van der Waals surface area contributed by atoms with Crippen LogP contribution in [0.5, 0.6) is 0 Å². The minimum Gasteiger partial charge on any atom is -0.435 e. The zero-order valence-corrected chi connectivity index (χ0v) is 12.1. The molecule has 3 rings (SSSR count). The smallest absolute Gasteiger partial charge is 0.227 e. The summed E-state index contributed by atoms with van der Waals surface area (Å²) in [6.45, 7) is 0. The highest BCUT2D eigenvalue weighted by atomic mass is 79.9. The fourth-order valence-electron chi connectivity index (χ4n) is 1.68. The van der Waals surface area contributed by atoms with Crippen LogP contribution in [0, 0.1) is 0 Å². The van der Waals surface area contributed by atoms with Gasteiger partial charge >= 0.3 is 0 Å². The molecule has 0 bridgehead atoms. The standard InChI is InChI=1S/C13H6BrCl2NO/c14-8-3-1-7(2-4-8)13-17-11-6-9(15)5-10(16)12(11)18-13/h1-6H. The molecule has 5 heteroatoms. The monoisotopic (exact) mass is 341 g/mol. The Kier molecular flexibility index (Phi) is 3.06. The van der Waals surface area contributed by atoms with Crippen LogP contribution in [0.3, 0.4) is 0 Å². The van der Waals surface area contributed by atoms with E-state index in [1.54, 1.807) is 12.1 Å². The molecule has 18 heavy (non-hydrogen) atoms. The highest BCUT2D eigenvalue weighted by Crippen LogP contribution is 2.32. The van der Waals surface area contributed by atoms with E-state index in [0.717, 1.165) is 10.0 Å². The van der Waals surface area contributed by atoms with Crippen LogP contribution in [-0.4, -0.2) is 4.98 Å². The van der Waals surface area contributed by atoms with Gasteiger partial charge in [-0.15, -0.1) is 0 Å². The minimum atomic E-state index is 0.466. The van der Waals surface area contributed by atoms with E-state index in [-0.39, 0.29) is 0 Å². The van der Waals surface area contributed by atoms with E-state index < -0.39 is 0 Å². The molecule has 0 aliphatic carbocycles. The highest BCUT2D eigenvalue weighted by Gasteiger charge is 2.11. The lowest BCUT2D eigenvalue weighted by Gasteiger charge is -1.94. The normalized spacial score (nSPS) is 11.1. The van der Waals surface area contributed by atoms with Crippen LogP contribution in [0.15, 0.2) is 45.3 Å².